The molecule has 5 aromatic rings. The van der Waals surface area contributed by atoms with Crippen LogP contribution in [0, 0.1) is 11.8 Å². The first-order chi connectivity index (χ1) is 30.6. The third kappa shape index (κ3) is 9.13. The average Bonchev–Trinajstić information content (AvgIpc) is 3.99. The van der Waals surface area contributed by atoms with Gasteiger partial charge in [-0.1, -0.05) is 12.1 Å². The topological polar surface area (TPSA) is 175 Å². The van der Waals surface area contributed by atoms with Gasteiger partial charge in [-0.3, -0.25) is 33.5 Å². The van der Waals surface area contributed by atoms with Crippen LogP contribution in [0.15, 0.2) is 47.7 Å². The summed E-state index contributed by atoms with van der Waals surface area (Å²) >= 11 is 0. The Morgan fingerprint density at radius 1 is 1.00 bits per heavy atom. The molecule has 2 N–H and O–H groups in total. The molecular weight excluding hydrogens is 817 g/mol. The minimum absolute atomic E-state index is 0.00219. The molecular formula is C44H55F2N11O6. The summed E-state index contributed by atoms with van der Waals surface area (Å²) in [6, 6.07) is 6.88. The fourth-order valence-corrected chi connectivity index (χ4v) is 9.89. The molecule has 1 atom stereocenters. The highest BCUT2D eigenvalue weighted by Gasteiger charge is 2.33. The SMILES string of the molecule is Cn1c(=O)n(C2CCC(=O)NC2=O)c2cccc(CCCOCC3CCN(CC4CCC(n5cc(NC(=O)c6cnn7ccc(N8CCOCC8)nc67)c(C(F)F)n5)CC4)CC3)c21. The summed E-state index contributed by atoms with van der Waals surface area (Å²) in [5.74, 6) is 0.397. The van der Waals surface area contributed by atoms with Crippen molar-refractivity contribution < 1.29 is 32.6 Å². The lowest BCUT2D eigenvalue weighted by atomic mass is 9.85. The second-order valence-electron chi connectivity index (χ2n) is 17.4. The van der Waals surface area contributed by atoms with Gasteiger partial charge in [-0.2, -0.15) is 10.2 Å². The predicted octanol–water partition coefficient (Wildman–Crippen LogP) is 4.68. The lowest BCUT2D eigenvalue weighted by Gasteiger charge is -2.36. The van der Waals surface area contributed by atoms with Gasteiger partial charge in [0.05, 0.1) is 42.2 Å². The minimum atomic E-state index is -2.85. The molecule has 3 saturated heterocycles. The fourth-order valence-electron chi connectivity index (χ4n) is 9.89. The summed E-state index contributed by atoms with van der Waals surface area (Å²) in [6.07, 6.45) is 9.61. The Bertz CT molecular complexity index is 2510. The monoisotopic (exact) mass is 871 g/mol. The van der Waals surface area contributed by atoms with E-state index in [4.69, 9.17) is 9.47 Å². The summed E-state index contributed by atoms with van der Waals surface area (Å²) in [4.78, 5) is 60.3. The Labute approximate surface area is 362 Å². The van der Waals surface area contributed by atoms with Crippen LogP contribution in [0.3, 0.4) is 0 Å². The zero-order valence-electron chi connectivity index (χ0n) is 35.6. The molecule has 7 heterocycles. The molecule has 17 nitrogen and oxygen atoms in total. The second kappa shape index (κ2) is 18.7. The van der Waals surface area contributed by atoms with Gasteiger partial charge < -0.3 is 24.6 Å². The number of anilines is 2. The Morgan fingerprint density at radius 3 is 2.56 bits per heavy atom. The van der Waals surface area contributed by atoms with E-state index in [1.807, 2.05) is 24.3 Å². The predicted molar refractivity (Wildman–Crippen MR) is 229 cm³/mol. The number of alkyl halides is 2. The summed E-state index contributed by atoms with van der Waals surface area (Å²) in [5, 5.41) is 13.6. The number of benzene rings is 1. The molecule has 1 unspecified atom stereocenters. The quantitative estimate of drug-likeness (QED) is 0.117. The van der Waals surface area contributed by atoms with Gasteiger partial charge in [-0.25, -0.2) is 23.1 Å². The zero-order chi connectivity index (χ0) is 43.6. The summed E-state index contributed by atoms with van der Waals surface area (Å²) in [7, 11) is 1.73. The smallest absolute Gasteiger partial charge is 0.329 e. The standard InChI is InChI=1S/C44H55F2N11O6/c1-52-39-30(4-2-6-34(39)57(44(52)61)35-11-12-37(58)50-43(35)60)5-3-21-63-27-29-13-16-53(17-14-29)25-28-7-9-31(10-8-28)56-26-33(38(51-56)40(45)46)48-42(59)32-24-47-55-18-15-36(49-41(32)55)54-19-22-62-23-20-54/h2,4,6,15,18,24,26,28-29,31,35,40H,3,5,7-14,16-17,19-23,25,27H2,1H3,(H,48,59)(H,50,58,60). The Morgan fingerprint density at radius 2 is 1.79 bits per heavy atom. The lowest BCUT2D eigenvalue weighted by Crippen LogP contribution is -2.44. The number of carbonyl (C=O) groups excluding carboxylic acids is 3. The first-order valence-electron chi connectivity index (χ1n) is 22.3. The van der Waals surface area contributed by atoms with Gasteiger partial charge in [-0.15, -0.1) is 0 Å². The van der Waals surface area contributed by atoms with Crippen LogP contribution in [0.5, 0.6) is 0 Å². The van der Waals surface area contributed by atoms with Gasteiger partial charge in [0.1, 0.15) is 17.4 Å². The second-order valence-corrected chi connectivity index (χ2v) is 17.4. The van der Waals surface area contributed by atoms with Crippen molar-refractivity contribution in [2.45, 2.75) is 82.7 Å². The number of ether oxygens (including phenoxy) is 2. The molecule has 4 aliphatic rings. The Balaban J connectivity index is 0.712. The van der Waals surface area contributed by atoms with Crippen molar-refractivity contribution in [3.63, 3.8) is 0 Å². The Kier molecular flexibility index (Phi) is 12.7. The van der Waals surface area contributed by atoms with Crippen LogP contribution in [0.25, 0.3) is 16.7 Å². The maximum absolute atomic E-state index is 14.3. The molecule has 4 aromatic heterocycles. The summed E-state index contributed by atoms with van der Waals surface area (Å²) in [5.41, 5.74) is 2.35. The van der Waals surface area contributed by atoms with Crippen molar-refractivity contribution in [3.8, 4) is 0 Å². The normalized spacial score (nSPS) is 21.8. The van der Waals surface area contributed by atoms with Crippen LogP contribution in [0.1, 0.15) is 97.9 Å². The number of para-hydroxylation sites is 1. The molecule has 0 spiro atoms. The van der Waals surface area contributed by atoms with Gasteiger partial charge in [0, 0.05) is 58.7 Å². The number of piperidine rings is 2. The highest BCUT2D eigenvalue weighted by atomic mass is 19.3. The molecule has 336 valence electrons. The number of imidazole rings is 1. The van der Waals surface area contributed by atoms with Gasteiger partial charge in [0.15, 0.2) is 11.3 Å². The van der Waals surface area contributed by atoms with E-state index in [-0.39, 0.29) is 35.3 Å². The van der Waals surface area contributed by atoms with Crippen molar-refractivity contribution in [2.24, 2.45) is 18.9 Å². The Hall–Kier alpha value is -5.53. The summed E-state index contributed by atoms with van der Waals surface area (Å²) in [6.45, 7) is 6.91. The number of hydrogen-bond donors (Lipinski definition) is 2. The fraction of sp³-hybridized carbons (Fsp3) is 0.568. The molecule has 0 bridgehead atoms. The van der Waals surface area contributed by atoms with Crippen molar-refractivity contribution in [3.05, 3.63) is 70.2 Å². The molecule has 9 rings (SSSR count). The van der Waals surface area contributed by atoms with Gasteiger partial charge in [0.25, 0.3) is 12.3 Å². The van der Waals surface area contributed by atoms with Crippen molar-refractivity contribution in [2.75, 3.05) is 69.4 Å². The number of aryl methyl sites for hydroxylation is 2. The highest BCUT2D eigenvalue weighted by molar-refractivity contribution is 6.08. The third-order valence-corrected chi connectivity index (χ3v) is 13.4. The minimum Gasteiger partial charge on any atom is -0.381 e. The number of morpholine rings is 1. The molecule has 1 aliphatic carbocycles. The molecule has 3 amide bonds. The molecule has 0 radical (unpaired) electrons. The van der Waals surface area contributed by atoms with Crippen LogP contribution >= 0.6 is 0 Å². The van der Waals surface area contributed by atoms with E-state index in [9.17, 15) is 28.0 Å². The van der Waals surface area contributed by atoms with E-state index < -0.39 is 30.0 Å². The first-order valence-corrected chi connectivity index (χ1v) is 22.3. The van der Waals surface area contributed by atoms with Crippen molar-refractivity contribution >= 4 is 45.9 Å². The van der Waals surface area contributed by atoms with E-state index in [1.54, 1.807) is 28.7 Å². The molecule has 63 heavy (non-hydrogen) atoms. The maximum Gasteiger partial charge on any atom is 0.329 e. The van der Waals surface area contributed by atoms with E-state index in [0.717, 1.165) is 82.1 Å². The number of halogens is 2. The number of carbonyl (C=O) groups is 3. The highest BCUT2D eigenvalue weighted by Crippen LogP contribution is 2.36. The molecule has 3 aliphatic heterocycles. The number of likely N-dealkylation sites (tertiary alicyclic amines) is 1. The molecule has 1 saturated carbocycles. The van der Waals surface area contributed by atoms with Gasteiger partial charge in [-0.05, 0) is 100 Å². The zero-order valence-corrected chi connectivity index (χ0v) is 35.6. The third-order valence-electron chi connectivity index (χ3n) is 13.4. The van der Waals surface area contributed by atoms with Crippen molar-refractivity contribution in [1.82, 2.24) is 43.7 Å². The average molecular weight is 872 g/mol. The number of fused-ring (bicyclic) bond motifs is 2. The van der Waals surface area contributed by atoms with Crippen LogP contribution in [-0.4, -0.2) is 115 Å². The number of aromatic nitrogens is 7. The lowest BCUT2D eigenvalue weighted by molar-refractivity contribution is -0.135. The number of imide groups is 1. The van der Waals surface area contributed by atoms with Crippen LogP contribution in [-0.2, 0) is 32.5 Å². The van der Waals surface area contributed by atoms with E-state index in [0.29, 0.717) is 74.8 Å². The molecule has 19 heteroatoms. The van der Waals surface area contributed by atoms with Gasteiger partial charge in [0.2, 0.25) is 11.8 Å². The van der Waals surface area contributed by atoms with E-state index in [2.05, 4.69) is 35.6 Å². The maximum atomic E-state index is 14.3. The van der Waals surface area contributed by atoms with E-state index >= 15 is 0 Å². The molecule has 1 aromatic carbocycles. The number of amides is 3. The van der Waals surface area contributed by atoms with E-state index in [1.165, 1.54) is 15.3 Å². The largest absolute Gasteiger partial charge is 0.381 e. The van der Waals surface area contributed by atoms with Crippen molar-refractivity contribution in [1.29, 1.82) is 0 Å². The summed E-state index contributed by atoms with van der Waals surface area (Å²) < 4.78 is 46.4. The first kappa shape index (κ1) is 42.8. The number of nitrogens with zero attached hydrogens (tertiary/aromatic N) is 9. The van der Waals surface area contributed by atoms with Gasteiger partial charge >= 0.3 is 5.69 Å². The molecule has 4 fully saturated rings. The number of rotatable bonds is 14. The number of hydrogen-bond acceptors (Lipinski definition) is 11. The number of nitrogens with one attached hydrogen (secondary N) is 2. The van der Waals surface area contributed by atoms with Crippen LogP contribution < -0.4 is 21.2 Å². The van der Waals surface area contributed by atoms with Crippen LogP contribution in [0.4, 0.5) is 20.3 Å². The van der Waals surface area contributed by atoms with Crippen LogP contribution in [0.2, 0.25) is 0 Å².